The molecule has 0 unspecified atom stereocenters. The Hall–Kier alpha value is -2.51. The zero-order valence-corrected chi connectivity index (χ0v) is 13.3. The highest BCUT2D eigenvalue weighted by atomic mass is 17.5. The van der Waals surface area contributed by atoms with E-state index in [0.29, 0.717) is 5.57 Å². The summed E-state index contributed by atoms with van der Waals surface area (Å²) in [6.07, 6.45) is 1.21. The zero-order chi connectivity index (χ0) is 17.2. The molecule has 0 saturated carbocycles. The van der Waals surface area contributed by atoms with Gasteiger partial charge in [0.25, 0.3) is 11.8 Å². The average Bonchev–Trinajstić information content (AvgIpc) is 2.70. The normalized spacial score (nSPS) is 15.0. The van der Waals surface area contributed by atoms with Crippen LogP contribution in [0.2, 0.25) is 0 Å². The molecule has 1 aromatic carbocycles. The van der Waals surface area contributed by atoms with Gasteiger partial charge in [-0.2, -0.15) is 4.89 Å². The third kappa shape index (κ3) is 3.82. The lowest BCUT2D eigenvalue weighted by molar-refractivity contribution is -0.510. The molecule has 1 aromatic rings. The topological polar surface area (TPSA) is 82.1 Å². The van der Waals surface area contributed by atoms with Crippen molar-refractivity contribution in [2.24, 2.45) is 0 Å². The highest BCUT2D eigenvalue weighted by Gasteiger charge is 2.33. The lowest BCUT2D eigenvalue weighted by Crippen LogP contribution is -2.32. The van der Waals surface area contributed by atoms with E-state index in [1.807, 2.05) is 0 Å². The van der Waals surface area contributed by atoms with Gasteiger partial charge in [-0.1, -0.05) is 12.1 Å². The van der Waals surface area contributed by atoms with Gasteiger partial charge in [-0.25, -0.2) is 9.69 Å². The van der Waals surface area contributed by atoms with Crippen molar-refractivity contribution in [2.75, 3.05) is 4.90 Å². The Labute approximate surface area is 133 Å². The number of anilines is 1. The second kappa shape index (κ2) is 6.31. The smallest absolute Gasteiger partial charge is 0.269 e. The minimum Gasteiger partial charge on any atom is -0.269 e. The van der Waals surface area contributed by atoms with Gasteiger partial charge in [0.05, 0.1) is 16.9 Å². The predicted octanol–water partition coefficient (Wildman–Crippen LogP) is 2.32. The summed E-state index contributed by atoms with van der Waals surface area (Å²) in [4.78, 5) is 46.4. The van der Waals surface area contributed by atoms with Crippen molar-refractivity contribution >= 4 is 23.5 Å². The minimum absolute atomic E-state index is 0.00908. The van der Waals surface area contributed by atoms with E-state index in [1.54, 1.807) is 32.9 Å². The maximum Gasteiger partial charge on any atom is 0.378 e. The molecule has 0 saturated heterocycles. The number of rotatable bonds is 4. The Morgan fingerprint density at radius 3 is 2.35 bits per heavy atom. The number of carbonyl (C=O) groups is 3. The molecular weight excluding hydrogens is 302 g/mol. The fourth-order valence-electron chi connectivity index (χ4n) is 1.85. The molecule has 2 amide bonds. The Balaban J connectivity index is 2.20. The van der Waals surface area contributed by atoms with Crippen LogP contribution >= 0.6 is 0 Å². The molecule has 2 rings (SSSR count). The van der Waals surface area contributed by atoms with Gasteiger partial charge < -0.3 is 0 Å². The first-order chi connectivity index (χ1) is 10.7. The number of carbonyl (C=O) groups excluding carboxylic acids is 3. The van der Waals surface area contributed by atoms with Crippen LogP contribution in [0.5, 0.6) is 0 Å². The number of benzene rings is 1. The van der Waals surface area contributed by atoms with Gasteiger partial charge in [0.2, 0.25) is 0 Å². The van der Waals surface area contributed by atoms with Gasteiger partial charge in [0, 0.05) is 11.6 Å². The fourth-order valence-corrected chi connectivity index (χ4v) is 1.85. The number of hydrogen-bond acceptors (Lipinski definition) is 6. The standard InChI is InChI=1S/C16H17NO6/c1-10-9-13(18)17(14(10)19)12-8-6-5-7-11(12)15(20)21-23-22-16(2,3)4/h5-9H,1-4H3. The Kier molecular flexibility index (Phi) is 4.63. The lowest BCUT2D eigenvalue weighted by Gasteiger charge is -2.18. The first-order valence-corrected chi connectivity index (χ1v) is 6.93. The van der Waals surface area contributed by atoms with E-state index in [-0.39, 0.29) is 11.3 Å². The van der Waals surface area contributed by atoms with Crippen molar-refractivity contribution in [3.05, 3.63) is 41.5 Å². The maximum atomic E-state index is 12.1. The molecule has 7 heteroatoms. The average molecular weight is 319 g/mol. The summed E-state index contributed by atoms with van der Waals surface area (Å²) >= 11 is 0. The Morgan fingerprint density at radius 1 is 1.13 bits per heavy atom. The van der Waals surface area contributed by atoms with E-state index in [1.165, 1.54) is 25.1 Å². The monoisotopic (exact) mass is 319 g/mol. The van der Waals surface area contributed by atoms with E-state index in [0.717, 1.165) is 4.90 Å². The van der Waals surface area contributed by atoms with Crippen LogP contribution in [0.3, 0.4) is 0 Å². The SMILES string of the molecule is CC1=CC(=O)N(c2ccccc2C(=O)OOOC(C)(C)C)C1=O. The molecule has 1 aliphatic rings. The van der Waals surface area contributed by atoms with Gasteiger partial charge >= 0.3 is 5.97 Å². The summed E-state index contributed by atoms with van der Waals surface area (Å²) in [7, 11) is 0. The van der Waals surface area contributed by atoms with Crippen LogP contribution in [0.15, 0.2) is 35.9 Å². The molecule has 0 spiro atoms. The van der Waals surface area contributed by atoms with Crippen molar-refractivity contribution in [1.29, 1.82) is 0 Å². The maximum absolute atomic E-state index is 12.1. The molecule has 122 valence electrons. The van der Waals surface area contributed by atoms with Crippen LogP contribution < -0.4 is 4.90 Å². The Morgan fingerprint density at radius 2 is 1.78 bits per heavy atom. The van der Waals surface area contributed by atoms with Crippen LogP contribution in [0, 0.1) is 0 Å². The van der Waals surface area contributed by atoms with E-state index in [4.69, 9.17) is 4.89 Å². The van der Waals surface area contributed by atoms with Crippen LogP contribution in [-0.2, 0) is 24.4 Å². The first kappa shape index (κ1) is 16.9. The fraction of sp³-hybridized carbons (Fsp3) is 0.312. The zero-order valence-electron chi connectivity index (χ0n) is 13.3. The molecule has 1 heterocycles. The van der Waals surface area contributed by atoms with Gasteiger partial charge in [0.15, 0.2) is 0 Å². The van der Waals surface area contributed by atoms with Gasteiger partial charge in [0.1, 0.15) is 0 Å². The highest BCUT2D eigenvalue weighted by Crippen LogP contribution is 2.26. The van der Waals surface area contributed by atoms with E-state index in [9.17, 15) is 14.4 Å². The number of hydrogen-bond donors (Lipinski definition) is 0. The van der Waals surface area contributed by atoms with E-state index in [2.05, 4.69) is 9.93 Å². The highest BCUT2D eigenvalue weighted by molar-refractivity contribution is 6.31. The van der Waals surface area contributed by atoms with Gasteiger partial charge in [-0.15, -0.1) is 0 Å². The molecular formula is C16H17NO6. The van der Waals surface area contributed by atoms with Crippen LogP contribution in [-0.4, -0.2) is 23.4 Å². The number of para-hydroxylation sites is 1. The largest absolute Gasteiger partial charge is 0.378 e. The van der Waals surface area contributed by atoms with Crippen LogP contribution in [0.4, 0.5) is 5.69 Å². The number of nitrogens with zero attached hydrogens (tertiary/aromatic N) is 1. The summed E-state index contributed by atoms with van der Waals surface area (Å²) in [6.45, 7) is 6.67. The van der Waals surface area contributed by atoms with Crippen molar-refractivity contribution in [1.82, 2.24) is 0 Å². The second-order valence-corrected chi connectivity index (χ2v) is 5.96. The van der Waals surface area contributed by atoms with Crippen molar-refractivity contribution in [3.63, 3.8) is 0 Å². The van der Waals surface area contributed by atoms with Crippen LogP contribution in [0.1, 0.15) is 38.1 Å². The van der Waals surface area contributed by atoms with Crippen molar-refractivity contribution < 1.29 is 29.2 Å². The molecule has 0 atom stereocenters. The quantitative estimate of drug-likeness (QED) is 0.481. The van der Waals surface area contributed by atoms with Crippen molar-refractivity contribution in [2.45, 2.75) is 33.3 Å². The van der Waals surface area contributed by atoms with Crippen molar-refractivity contribution in [3.8, 4) is 0 Å². The second-order valence-electron chi connectivity index (χ2n) is 5.96. The molecule has 23 heavy (non-hydrogen) atoms. The van der Waals surface area contributed by atoms with E-state index >= 15 is 0 Å². The molecule has 0 fully saturated rings. The summed E-state index contributed by atoms with van der Waals surface area (Å²) in [5.74, 6) is -1.88. The predicted molar refractivity (Wildman–Crippen MR) is 80.0 cm³/mol. The van der Waals surface area contributed by atoms with Gasteiger partial charge in [-0.05, 0) is 44.9 Å². The molecule has 7 nitrogen and oxygen atoms in total. The molecule has 1 aliphatic heterocycles. The molecule has 0 aromatic heterocycles. The summed E-state index contributed by atoms with van der Waals surface area (Å²) < 4.78 is 0. The Bertz CT molecular complexity index is 686. The lowest BCUT2D eigenvalue weighted by atomic mass is 10.1. The minimum atomic E-state index is -0.880. The molecule has 0 N–H and O–H groups in total. The summed E-state index contributed by atoms with van der Waals surface area (Å²) in [5, 5.41) is 4.46. The molecule has 0 bridgehead atoms. The number of amides is 2. The third-order valence-electron chi connectivity index (χ3n) is 2.86. The third-order valence-corrected chi connectivity index (χ3v) is 2.86. The molecule has 0 radical (unpaired) electrons. The van der Waals surface area contributed by atoms with Crippen LogP contribution in [0.25, 0.3) is 0 Å². The summed E-state index contributed by atoms with van der Waals surface area (Å²) in [5.41, 5.74) is -0.234. The first-order valence-electron chi connectivity index (χ1n) is 6.93. The number of imide groups is 1. The molecule has 0 aliphatic carbocycles. The summed E-state index contributed by atoms with van der Waals surface area (Å²) in [6, 6.07) is 6.08. The van der Waals surface area contributed by atoms with E-state index < -0.39 is 23.4 Å². The van der Waals surface area contributed by atoms with Gasteiger partial charge in [-0.3, -0.25) is 14.5 Å².